The Morgan fingerprint density at radius 1 is 1.25 bits per heavy atom. The van der Waals surface area contributed by atoms with E-state index in [4.69, 9.17) is 5.73 Å². The van der Waals surface area contributed by atoms with Crippen LogP contribution in [0.3, 0.4) is 0 Å². The molecule has 0 aromatic rings. The molecule has 1 amide bonds. The zero-order valence-corrected chi connectivity index (χ0v) is 13.3. The number of thioether (sulfide) groups is 1. The lowest BCUT2D eigenvalue weighted by molar-refractivity contribution is -0.132. The molecule has 0 bridgehead atoms. The monoisotopic (exact) mass is 299 g/mol. The van der Waals surface area contributed by atoms with Crippen molar-refractivity contribution in [1.29, 1.82) is 0 Å². The first kappa shape index (κ1) is 16.1. The highest BCUT2D eigenvalue weighted by atomic mass is 32.2. The molecule has 1 aliphatic heterocycles. The molecule has 0 aromatic heterocycles. The molecular weight excluding hydrogens is 270 g/mol. The first-order chi connectivity index (χ1) is 9.77. The lowest BCUT2D eigenvalue weighted by atomic mass is 9.89. The molecule has 20 heavy (non-hydrogen) atoms. The van der Waals surface area contributed by atoms with E-state index in [0.717, 1.165) is 50.0 Å². The van der Waals surface area contributed by atoms with E-state index in [2.05, 4.69) is 5.32 Å². The minimum Gasteiger partial charge on any atom is -0.340 e. The number of hydrogen-bond donors (Lipinski definition) is 2. The van der Waals surface area contributed by atoms with Crippen LogP contribution >= 0.6 is 11.8 Å². The Morgan fingerprint density at radius 3 is 2.65 bits per heavy atom. The third-order valence-corrected chi connectivity index (χ3v) is 5.37. The van der Waals surface area contributed by atoms with Crippen molar-refractivity contribution >= 4 is 17.7 Å². The Balaban J connectivity index is 1.56. The van der Waals surface area contributed by atoms with Gasteiger partial charge in [0, 0.05) is 24.6 Å². The number of nitrogens with zero attached hydrogens (tertiary/aromatic N) is 1. The molecule has 1 atom stereocenters. The molecule has 0 spiro atoms. The molecule has 1 unspecified atom stereocenters. The summed E-state index contributed by atoms with van der Waals surface area (Å²) >= 11 is 1.92. The highest BCUT2D eigenvalue weighted by molar-refractivity contribution is 7.99. The Bertz CT molecular complexity index is 289. The normalized spacial score (nSPS) is 22.8. The van der Waals surface area contributed by atoms with Crippen LogP contribution < -0.4 is 11.1 Å². The van der Waals surface area contributed by atoms with Crippen molar-refractivity contribution in [3.8, 4) is 0 Å². The molecule has 1 saturated heterocycles. The lowest BCUT2D eigenvalue weighted by Crippen LogP contribution is -2.48. The van der Waals surface area contributed by atoms with Gasteiger partial charge in [0.1, 0.15) is 0 Å². The quantitative estimate of drug-likeness (QED) is 0.729. The van der Waals surface area contributed by atoms with Crippen LogP contribution in [-0.2, 0) is 4.79 Å². The van der Waals surface area contributed by atoms with E-state index in [1.807, 2.05) is 16.7 Å². The summed E-state index contributed by atoms with van der Waals surface area (Å²) in [5.41, 5.74) is 6.03. The van der Waals surface area contributed by atoms with Gasteiger partial charge in [0.25, 0.3) is 0 Å². The zero-order valence-electron chi connectivity index (χ0n) is 12.5. The highest BCUT2D eigenvalue weighted by Gasteiger charge is 2.22. The second-order valence-corrected chi connectivity index (χ2v) is 7.27. The summed E-state index contributed by atoms with van der Waals surface area (Å²) in [6, 6.07) is -0.322. The Hall–Kier alpha value is -0.260. The molecule has 1 aliphatic carbocycles. The van der Waals surface area contributed by atoms with Gasteiger partial charge in [-0.15, -0.1) is 0 Å². The van der Waals surface area contributed by atoms with Crippen molar-refractivity contribution in [1.82, 2.24) is 10.2 Å². The van der Waals surface area contributed by atoms with Crippen LogP contribution in [0.15, 0.2) is 0 Å². The van der Waals surface area contributed by atoms with Gasteiger partial charge in [0.2, 0.25) is 5.91 Å². The molecule has 1 heterocycles. The second-order valence-electron chi connectivity index (χ2n) is 6.04. The van der Waals surface area contributed by atoms with E-state index in [-0.39, 0.29) is 11.9 Å². The Labute approximate surface area is 127 Å². The van der Waals surface area contributed by atoms with Crippen LogP contribution in [0.25, 0.3) is 0 Å². The molecule has 1 saturated carbocycles. The van der Waals surface area contributed by atoms with Crippen LogP contribution in [0.5, 0.6) is 0 Å². The smallest absolute Gasteiger partial charge is 0.239 e. The van der Waals surface area contributed by atoms with Gasteiger partial charge < -0.3 is 16.0 Å². The molecule has 3 N–H and O–H groups in total. The van der Waals surface area contributed by atoms with Gasteiger partial charge in [-0.25, -0.2) is 0 Å². The van der Waals surface area contributed by atoms with Crippen molar-refractivity contribution in [2.24, 2.45) is 11.7 Å². The number of carbonyl (C=O) groups excluding carboxylic acids is 1. The van der Waals surface area contributed by atoms with E-state index in [9.17, 15) is 4.79 Å². The SMILES string of the molecule is NC(CCNCC1CCCCC1)C(=O)N1CCSCC1. The molecule has 0 aromatic carbocycles. The largest absolute Gasteiger partial charge is 0.340 e. The van der Waals surface area contributed by atoms with Crippen molar-refractivity contribution in [3.05, 3.63) is 0 Å². The van der Waals surface area contributed by atoms with Gasteiger partial charge >= 0.3 is 0 Å². The molecule has 5 heteroatoms. The number of nitrogens with two attached hydrogens (primary N) is 1. The van der Waals surface area contributed by atoms with Gasteiger partial charge in [0.05, 0.1) is 6.04 Å². The molecule has 2 fully saturated rings. The molecule has 116 valence electrons. The van der Waals surface area contributed by atoms with Crippen LogP contribution in [-0.4, -0.2) is 54.5 Å². The van der Waals surface area contributed by atoms with E-state index in [1.54, 1.807) is 0 Å². The fourth-order valence-corrected chi connectivity index (χ4v) is 4.00. The summed E-state index contributed by atoms with van der Waals surface area (Å²) in [5.74, 6) is 3.09. The third-order valence-electron chi connectivity index (χ3n) is 4.43. The predicted octanol–water partition coefficient (Wildman–Crippen LogP) is 1.45. The fourth-order valence-electron chi connectivity index (χ4n) is 3.10. The van der Waals surface area contributed by atoms with E-state index >= 15 is 0 Å². The van der Waals surface area contributed by atoms with Crippen LogP contribution in [0, 0.1) is 5.92 Å². The Morgan fingerprint density at radius 2 is 1.95 bits per heavy atom. The molecule has 4 nitrogen and oxygen atoms in total. The number of rotatable bonds is 6. The summed E-state index contributed by atoms with van der Waals surface area (Å²) in [6.07, 6.45) is 7.67. The highest BCUT2D eigenvalue weighted by Crippen LogP contribution is 2.22. The average molecular weight is 299 g/mol. The third kappa shape index (κ3) is 5.26. The van der Waals surface area contributed by atoms with Crippen LogP contribution in [0.2, 0.25) is 0 Å². The first-order valence-electron chi connectivity index (χ1n) is 8.10. The number of amides is 1. The maximum absolute atomic E-state index is 12.2. The Kier molecular flexibility index (Phi) is 7.17. The second kappa shape index (κ2) is 8.90. The van der Waals surface area contributed by atoms with Crippen molar-refractivity contribution in [3.63, 3.8) is 0 Å². The van der Waals surface area contributed by atoms with E-state index in [1.165, 1.54) is 32.1 Å². The topological polar surface area (TPSA) is 58.4 Å². The van der Waals surface area contributed by atoms with E-state index < -0.39 is 0 Å². The lowest BCUT2D eigenvalue weighted by Gasteiger charge is -2.29. The van der Waals surface area contributed by atoms with Crippen molar-refractivity contribution < 1.29 is 4.79 Å². The van der Waals surface area contributed by atoms with Gasteiger partial charge in [-0.2, -0.15) is 11.8 Å². The van der Waals surface area contributed by atoms with Gasteiger partial charge in [-0.1, -0.05) is 19.3 Å². The maximum Gasteiger partial charge on any atom is 0.239 e. The van der Waals surface area contributed by atoms with Gasteiger partial charge in [-0.05, 0) is 38.3 Å². The molecule has 2 rings (SSSR count). The molecule has 2 aliphatic rings. The van der Waals surface area contributed by atoms with Crippen molar-refractivity contribution in [2.45, 2.75) is 44.6 Å². The zero-order chi connectivity index (χ0) is 14.2. The number of hydrogen-bond acceptors (Lipinski definition) is 4. The minimum atomic E-state index is -0.322. The first-order valence-corrected chi connectivity index (χ1v) is 9.25. The number of carbonyl (C=O) groups is 1. The molecular formula is C15H29N3OS. The van der Waals surface area contributed by atoms with Gasteiger partial charge in [-0.3, -0.25) is 4.79 Å². The average Bonchev–Trinajstić information content (AvgIpc) is 2.52. The van der Waals surface area contributed by atoms with Crippen molar-refractivity contribution in [2.75, 3.05) is 37.7 Å². The summed E-state index contributed by atoms with van der Waals surface area (Å²) in [4.78, 5) is 14.1. The van der Waals surface area contributed by atoms with E-state index in [0.29, 0.717) is 0 Å². The summed E-state index contributed by atoms with van der Waals surface area (Å²) in [7, 11) is 0. The predicted molar refractivity (Wildman–Crippen MR) is 85.9 cm³/mol. The summed E-state index contributed by atoms with van der Waals surface area (Å²) in [6.45, 7) is 3.70. The van der Waals surface area contributed by atoms with Gasteiger partial charge in [0.15, 0.2) is 0 Å². The maximum atomic E-state index is 12.2. The van der Waals surface area contributed by atoms with Crippen LogP contribution in [0.1, 0.15) is 38.5 Å². The van der Waals surface area contributed by atoms with Crippen LogP contribution in [0.4, 0.5) is 0 Å². The standard InChI is InChI=1S/C15H29N3OS/c16-14(15(19)18-8-10-20-11-9-18)6-7-17-12-13-4-2-1-3-5-13/h13-14,17H,1-12,16H2. The minimum absolute atomic E-state index is 0.143. The summed E-state index contributed by atoms with van der Waals surface area (Å²) in [5, 5.41) is 3.49. The summed E-state index contributed by atoms with van der Waals surface area (Å²) < 4.78 is 0. The number of nitrogens with one attached hydrogen (secondary N) is 1. The molecule has 0 radical (unpaired) electrons. The fraction of sp³-hybridized carbons (Fsp3) is 0.933.